The van der Waals surface area contributed by atoms with E-state index in [-0.39, 0.29) is 5.56 Å². The molecule has 22 heavy (non-hydrogen) atoms. The van der Waals surface area contributed by atoms with E-state index in [1.54, 1.807) is 31.4 Å². The third-order valence-electron chi connectivity index (χ3n) is 2.91. The molecule has 0 radical (unpaired) electrons. The zero-order valence-electron chi connectivity index (χ0n) is 12.2. The van der Waals surface area contributed by atoms with Crippen LogP contribution in [0.15, 0.2) is 47.6 Å². The first kappa shape index (κ1) is 15.5. The fraction of sp³-hybridized carbons (Fsp3) is 0.125. The van der Waals surface area contributed by atoms with Gasteiger partial charge < -0.3 is 9.47 Å². The molecule has 6 heteroatoms. The van der Waals surface area contributed by atoms with Gasteiger partial charge in [0.1, 0.15) is 5.82 Å². The van der Waals surface area contributed by atoms with Gasteiger partial charge in [0.05, 0.1) is 26.0 Å². The Morgan fingerprint density at radius 3 is 2.55 bits per heavy atom. The summed E-state index contributed by atoms with van der Waals surface area (Å²) in [5, 5.41) is 3.80. The molecule has 2 rings (SSSR count). The summed E-state index contributed by atoms with van der Waals surface area (Å²) in [4.78, 5) is 11.8. The van der Waals surface area contributed by atoms with Gasteiger partial charge in [-0.2, -0.15) is 5.10 Å². The van der Waals surface area contributed by atoms with Gasteiger partial charge in [-0.3, -0.25) is 4.79 Å². The van der Waals surface area contributed by atoms with E-state index in [0.717, 1.165) is 0 Å². The number of methoxy groups -OCH3 is 2. The minimum absolute atomic E-state index is 0.0630. The Morgan fingerprint density at radius 1 is 1.14 bits per heavy atom. The van der Waals surface area contributed by atoms with Gasteiger partial charge >= 0.3 is 0 Å². The first-order valence-corrected chi connectivity index (χ1v) is 6.45. The molecule has 0 atom stereocenters. The van der Waals surface area contributed by atoms with Crippen LogP contribution in [-0.2, 0) is 0 Å². The average molecular weight is 302 g/mol. The molecule has 0 aliphatic rings. The lowest BCUT2D eigenvalue weighted by molar-refractivity contribution is 0.0951. The van der Waals surface area contributed by atoms with E-state index in [9.17, 15) is 9.18 Å². The van der Waals surface area contributed by atoms with Gasteiger partial charge in [0.15, 0.2) is 11.5 Å². The summed E-state index contributed by atoms with van der Waals surface area (Å²) in [5.74, 6) is -0.0712. The van der Waals surface area contributed by atoms with Crippen LogP contribution < -0.4 is 14.9 Å². The highest BCUT2D eigenvalue weighted by Gasteiger charge is 2.09. The van der Waals surface area contributed by atoms with Gasteiger partial charge in [-0.1, -0.05) is 12.1 Å². The number of hydrogen-bond acceptors (Lipinski definition) is 4. The highest BCUT2D eigenvalue weighted by Crippen LogP contribution is 2.26. The van der Waals surface area contributed by atoms with Crippen molar-refractivity contribution >= 4 is 12.1 Å². The van der Waals surface area contributed by atoms with Crippen molar-refractivity contribution < 1.29 is 18.7 Å². The maximum Gasteiger partial charge on any atom is 0.274 e. The van der Waals surface area contributed by atoms with E-state index in [1.165, 1.54) is 31.5 Å². The summed E-state index contributed by atoms with van der Waals surface area (Å²) < 4.78 is 23.7. The van der Waals surface area contributed by atoms with Crippen molar-refractivity contribution in [2.24, 2.45) is 5.10 Å². The Labute approximate surface area is 127 Å². The van der Waals surface area contributed by atoms with E-state index in [4.69, 9.17) is 9.47 Å². The summed E-state index contributed by atoms with van der Waals surface area (Å²) in [6, 6.07) is 10.9. The zero-order valence-corrected chi connectivity index (χ0v) is 12.2. The molecule has 0 aliphatic heterocycles. The number of halogens is 1. The molecular formula is C16H15FN2O3. The molecule has 0 saturated heterocycles. The lowest BCUT2D eigenvalue weighted by atomic mass is 10.2. The molecule has 2 aromatic rings. The SMILES string of the molecule is COc1ccc(C=NNC(=O)c2ccccc2F)cc1OC. The van der Waals surface area contributed by atoms with Gasteiger partial charge in [0.25, 0.3) is 5.91 Å². The summed E-state index contributed by atoms with van der Waals surface area (Å²) in [7, 11) is 3.07. The quantitative estimate of drug-likeness (QED) is 0.682. The molecule has 0 fully saturated rings. The van der Waals surface area contributed by atoms with Crippen LogP contribution in [-0.4, -0.2) is 26.3 Å². The van der Waals surface area contributed by atoms with Crippen LogP contribution in [0.25, 0.3) is 0 Å². The second-order valence-electron chi connectivity index (χ2n) is 4.29. The molecule has 0 aliphatic carbocycles. The molecule has 114 valence electrons. The number of benzene rings is 2. The Balaban J connectivity index is 2.07. The monoisotopic (exact) mass is 302 g/mol. The summed E-state index contributed by atoms with van der Waals surface area (Å²) >= 11 is 0. The fourth-order valence-corrected chi connectivity index (χ4v) is 1.80. The van der Waals surface area contributed by atoms with Gasteiger partial charge in [0.2, 0.25) is 0 Å². The van der Waals surface area contributed by atoms with E-state index in [2.05, 4.69) is 10.5 Å². The minimum atomic E-state index is -0.616. The smallest absolute Gasteiger partial charge is 0.274 e. The largest absolute Gasteiger partial charge is 0.493 e. The molecule has 0 unspecified atom stereocenters. The second-order valence-corrected chi connectivity index (χ2v) is 4.29. The Morgan fingerprint density at radius 2 is 1.86 bits per heavy atom. The van der Waals surface area contributed by atoms with Gasteiger partial charge in [-0.15, -0.1) is 0 Å². The van der Waals surface area contributed by atoms with Crippen LogP contribution in [0.1, 0.15) is 15.9 Å². The Bertz CT molecular complexity index is 702. The maximum absolute atomic E-state index is 13.4. The third-order valence-corrected chi connectivity index (χ3v) is 2.91. The number of nitrogens with one attached hydrogen (secondary N) is 1. The maximum atomic E-state index is 13.4. The lowest BCUT2D eigenvalue weighted by Crippen LogP contribution is -2.18. The van der Waals surface area contributed by atoms with E-state index in [0.29, 0.717) is 17.1 Å². The van der Waals surface area contributed by atoms with Crippen molar-refractivity contribution in [3.63, 3.8) is 0 Å². The first-order chi connectivity index (χ1) is 10.7. The number of carbonyl (C=O) groups excluding carboxylic acids is 1. The molecule has 5 nitrogen and oxygen atoms in total. The molecule has 0 aromatic heterocycles. The van der Waals surface area contributed by atoms with Crippen LogP contribution in [0.5, 0.6) is 11.5 Å². The van der Waals surface area contributed by atoms with Crippen LogP contribution in [0.2, 0.25) is 0 Å². The highest BCUT2D eigenvalue weighted by molar-refractivity contribution is 5.95. The summed E-state index contributed by atoms with van der Waals surface area (Å²) in [6.45, 7) is 0. The fourth-order valence-electron chi connectivity index (χ4n) is 1.80. The minimum Gasteiger partial charge on any atom is -0.493 e. The number of rotatable bonds is 5. The van der Waals surface area contributed by atoms with Crippen molar-refractivity contribution in [3.8, 4) is 11.5 Å². The standard InChI is InChI=1S/C16H15FN2O3/c1-21-14-8-7-11(9-15(14)22-2)10-18-19-16(20)12-5-3-4-6-13(12)17/h3-10H,1-2H3,(H,19,20). The average Bonchev–Trinajstić information content (AvgIpc) is 2.55. The second kappa shape index (κ2) is 7.21. The normalized spacial score (nSPS) is 10.5. The number of amides is 1. The van der Waals surface area contributed by atoms with E-state index in [1.807, 2.05) is 0 Å². The first-order valence-electron chi connectivity index (χ1n) is 6.45. The van der Waals surface area contributed by atoms with Crippen LogP contribution in [0.4, 0.5) is 4.39 Å². The van der Waals surface area contributed by atoms with Crippen LogP contribution in [0, 0.1) is 5.82 Å². The topological polar surface area (TPSA) is 59.9 Å². The van der Waals surface area contributed by atoms with Crippen molar-refractivity contribution in [3.05, 3.63) is 59.4 Å². The zero-order chi connectivity index (χ0) is 15.9. The summed E-state index contributed by atoms with van der Waals surface area (Å²) in [6.07, 6.45) is 1.43. The van der Waals surface area contributed by atoms with Crippen molar-refractivity contribution in [1.82, 2.24) is 5.43 Å². The number of ether oxygens (including phenoxy) is 2. The molecule has 0 saturated carbocycles. The van der Waals surface area contributed by atoms with Crippen molar-refractivity contribution in [2.45, 2.75) is 0 Å². The predicted octanol–water partition coefficient (Wildman–Crippen LogP) is 2.61. The molecule has 0 spiro atoms. The molecular weight excluding hydrogens is 287 g/mol. The number of hydrazone groups is 1. The van der Waals surface area contributed by atoms with Crippen LogP contribution in [0.3, 0.4) is 0 Å². The van der Waals surface area contributed by atoms with Crippen molar-refractivity contribution in [1.29, 1.82) is 0 Å². The Kier molecular flexibility index (Phi) is 5.08. The molecule has 1 amide bonds. The predicted molar refractivity (Wildman–Crippen MR) is 81.0 cm³/mol. The number of hydrogen-bond donors (Lipinski definition) is 1. The van der Waals surface area contributed by atoms with Gasteiger partial charge in [0, 0.05) is 0 Å². The molecule has 0 heterocycles. The van der Waals surface area contributed by atoms with Crippen LogP contribution >= 0.6 is 0 Å². The van der Waals surface area contributed by atoms with E-state index < -0.39 is 11.7 Å². The summed E-state index contributed by atoms with van der Waals surface area (Å²) in [5.41, 5.74) is 2.91. The lowest BCUT2D eigenvalue weighted by Gasteiger charge is -2.07. The number of carbonyl (C=O) groups is 1. The van der Waals surface area contributed by atoms with Gasteiger partial charge in [-0.25, -0.2) is 9.82 Å². The number of nitrogens with zero attached hydrogens (tertiary/aromatic N) is 1. The highest BCUT2D eigenvalue weighted by atomic mass is 19.1. The van der Waals surface area contributed by atoms with Gasteiger partial charge in [-0.05, 0) is 35.9 Å². The molecule has 2 aromatic carbocycles. The third kappa shape index (κ3) is 3.60. The molecule has 1 N–H and O–H groups in total. The molecule has 0 bridgehead atoms. The van der Waals surface area contributed by atoms with Crippen molar-refractivity contribution in [2.75, 3.05) is 14.2 Å². The Hall–Kier alpha value is -2.89. The van der Waals surface area contributed by atoms with E-state index >= 15 is 0 Å².